The first-order valence-electron chi connectivity index (χ1n) is 4.68. The van der Waals surface area contributed by atoms with Crippen LogP contribution in [0.15, 0.2) is 42.7 Å². The van der Waals surface area contributed by atoms with E-state index in [4.69, 9.17) is 5.73 Å². The van der Waals surface area contributed by atoms with E-state index in [1.165, 1.54) is 12.1 Å². The monoisotopic (exact) mass is 202 g/mol. The zero-order chi connectivity index (χ0) is 10.7. The summed E-state index contributed by atoms with van der Waals surface area (Å²) in [6, 6.07) is 8.24. The van der Waals surface area contributed by atoms with E-state index in [9.17, 15) is 4.39 Å². The van der Waals surface area contributed by atoms with Gasteiger partial charge in [0, 0.05) is 24.5 Å². The second-order valence-corrected chi connectivity index (χ2v) is 3.38. The maximum absolute atomic E-state index is 12.9. The predicted octanol–water partition coefficient (Wildman–Crippen LogP) is 2.39. The van der Waals surface area contributed by atoms with Crippen LogP contribution in [0.3, 0.4) is 0 Å². The number of aromatic nitrogens is 1. The van der Waals surface area contributed by atoms with Gasteiger partial charge < -0.3 is 5.73 Å². The molecule has 76 valence electrons. The van der Waals surface area contributed by atoms with Crippen molar-refractivity contribution in [2.75, 3.05) is 5.73 Å². The van der Waals surface area contributed by atoms with E-state index in [0.29, 0.717) is 12.1 Å². The van der Waals surface area contributed by atoms with Gasteiger partial charge in [-0.25, -0.2) is 4.39 Å². The van der Waals surface area contributed by atoms with E-state index in [0.717, 1.165) is 11.1 Å². The van der Waals surface area contributed by atoms with Crippen molar-refractivity contribution < 1.29 is 4.39 Å². The molecule has 2 rings (SSSR count). The third kappa shape index (κ3) is 2.31. The molecule has 3 heteroatoms. The Morgan fingerprint density at radius 3 is 2.87 bits per heavy atom. The second-order valence-electron chi connectivity index (χ2n) is 3.38. The first-order chi connectivity index (χ1) is 7.25. The van der Waals surface area contributed by atoms with E-state index >= 15 is 0 Å². The van der Waals surface area contributed by atoms with Crippen LogP contribution in [-0.4, -0.2) is 4.98 Å². The van der Waals surface area contributed by atoms with Gasteiger partial charge in [-0.2, -0.15) is 0 Å². The number of nitrogen functional groups attached to an aromatic ring is 1. The van der Waals surface area contributed by atoms with Crippen LogP contribution in [0, 0.1) is 5.82 Å². The lowest BCUT2D eigenvalue weighted by Crippen LogP contribution is -1.96. The number of pyridine rings is 1. The molecule has 0 saturated carbocycles. The molecule has 0 saturated heterocycles. The Labute approximate surface area is 87.6 Å². The number of anilines is 1. The zero-order valence-electron chi connectivity index (χ0n) is 8.15. The third-order valence-electron chi connectivity index (χ3n) is 2.22. The van der Waals surface area contributed by atoms with E-state index in [1.807, 2.05) is 6.07 Å². The minimum atomic E-state index is -0.227. The Hall–Kier alpha value is -1.90. The molecule has 0 bridgehead atoms. The minimum Gasteiger partial charge on any atom is -0.398 e. The van der Waals surface area contributed by atoms with Crippen molar-refractivity contribution in [3.63, 3.8) is 0 Å². The van der Waals surface area contributed by atoms with Gasteiger partial charge in [-0.15, -0.1) is 0 Å². The van der Waals surface area contributed by atoms with Crippen LogP contribution < -0.4 is 5.73 Å². The van der Waals surface area contributed by atoms with Crippen molar-refractivity contribution in [2.24, 2.45) is 0 Å². The maximum atomic E-state index is 12.9. The van der Waals surface area contributed by atoms with E-state index < -0.39 is 0 Å². The van der Waals surface area contributed by atoms with Crippen molar-refractivity contribution in [2.45, 2.75) is 6.42 Å². The predicted molar refractivity (Wildman–Crippen MR) is 57.9 cm³/mol. The Balaban J connectivity index is 2.26. The standard InChI is InChI=1S/C12H11FN2/c13-11-3-1-2-9(7-11)6-10-8-15-5-4-12(10)14/h1-5,7-8H,6H2,(H2,14,15). The Morgan fingerprint density at radius 1 is 1.27 bits per heavy atom. The molecule has 1 aromatic carbocycles. The van der Waals surface area contributed by atoms with Crippen molar-refractivity contribution in [3.8, 4) is 0 Å². The van der Waals surface area contributed by atoms with Gasteiger partial charge in [-0.3, -0.25) is 4.98 Å². The van der Waals surface area contributed by atoms with Gasteiger partial charge in [0.15, 0.2) is 0 Å². The second kappa shape index (κ2) is 4.09. The molecule has 1 aromatic heterocycles. The number of hydrogen-bond donors (Lipinski definition) is 1. The number of nitrogens with two attached hydrogens (primary N) is 1. The van der Waals surface area contributed by atoms with Crippen LogP contribution in [0.1, 0.15) is 11.1 Å². The Kier molecular flexibility index (Phi) is 2.63. The average molecular weight is 202 g/mol. The molecule has 0 amide bonds. The fourth-order valence-corrected chi connectivity index (χ4v) is 1.45. The highest BCUT2D eigenvalue weighted by Crippen LogP contribution is 2.15. The van der Waals surface area contributed by atoms with Crippen LogP contribution in [0.2, 0.25) is 0 Å². The molecule has 0 aliphatic rings. The SMILES string of the molecule is Nc1ccncc1Cc1cccc(F)c1. The fraction of sp³-hybridized carbons (Fsp3) is 0.0833. The molecule has 0 spiro atoms. The van der Waals surface area contributed by atoms with Gasteiger partial charge in [0.25, 0.3) is 0 Å². The van der Waals surface area contributed by atoms with E-state index in [1.54, 1.807) is 24.5 Å². The summed E-state index contributed by atoms with van der Waals surface area (Å²) in [6.45, 7) is 0. The Bertz CT molecular complexity index is 469. The third-order valence-corrected chi connectivity index (χ3v) is 2.22. The molecule has 1 heterocycles. The topological polar surface area (TPSA) is 38.9 Å². The first kappa shape index (κ1) is 9.65. The molecule has 0 atom stereocenters. The maximum Gasteiger partial charge on any atom is 0.123 e. The summed E-state index contributed by atoms with van der Waals surface area (Å²) in [5.41, 5.74) is 8.28. The van der Waals surface area contributed by atoms with Crippen LogP contribution >= 0.6 is 0 Å². The summed E-state index contributed by atoms with van der Waals surface area (Å²) in [5, 5.41) is 0. The molecule has 0 radical (unpaired) electrons. The molecule has 0 unspecified atom stereocenters. The molecule has 0 aliphatic carbocycles. The van der Waals surface area contributed by atoms with Gasteiger partial charge in [0.2, 0.25) is 0 Å². The summed E-state index contributed by atoms with van der Waals surface area (Å²) in [7, 11) is 0. The molecule has 2 N–H and O–H groups in total. The lowest BCUT2D eigenvalue weighted by Gasteiger charge is -2.04. The van der Waals surface area contributed by atoms with Crippen molar-refractivity contribution in [1.82, 2.24) is 4.98 Å². The van der Waals surface area contributed by atoms with Crippen LogP contribution in [0.5, 0.6) is 0 Å². The number of rotatable bonds is 2. The molecular formula is C12H11FN2. The molecule has 0 fully saturated rings. The summed E-state index contributed by atoms with van der Waals surface area (Å²) >= 11 is 0. The highest BCUT2D eigenvalue weighted by Gasteiger charge is 2.01. The van der Waals surface area contributed by atoms with Gasteiger partial charge >= 0.3 is 0 Å². The van der Waals surface area contributed by atoms with Crippen LogP contribution in [0.25, 0.3) is 0 Å². The smallest absolute Gasteiger partial charge is 0.123 e. The lowest BCUT2D eigenvalue weighted by atomic mass is 10.1. The lowest BCUT2D eigenvalue weighted by molar-refractivity contribution is 0.626. The summed E-state index contributed by atoms with van der Waals surface area (Å²) < 4.78 is 12.9. The number of benzene rings is 1. The van der Waals surface area contributed by atoms with Gasteiger partial charge in [-0.05, 0) is 29.3 Å². The first-order valence-corrected chi connectivity index (χ1v) is 4.68. The quantitative estimate of drug-likeness (QED) is 0.812. The minimum absolute atomic E-state index is 0.227. The number of nitrogens with zero attached hydrogens (tertiary/aromatic N) is 1. The van der Waals surface area contributed by atoms with Crippen molar-refractivity contribution in [1.29, 1.82) is 0 Å². The largest absolute Gasteiger partial charge is 0.398 e. The van der Waals surface area contributed by atoms with Gasteiger partial charge in [0.05, 0.1) is 0 Å². The van der Waals surface area contributed by atoms with E-state index in [2.05, 4.69) is 4.98 Å². The molecule has 0 aliphatic heterocycles. The molecule has 15 heavy (non-hydrogen) atoms. The van der Waals surface area contributed by atoms with E-state index in [-0.39, 0.29) is 5.82 Å². The van der Waals surface area contributed by atoms with Crippen LogP contribution in [-0.2, 0) is 6.42 Å². The molecule has 2 aromatic rings. The van der Waals surface area contributed by atoms with Crippen molar-refractivity contribution in [3.05, 3.63) is 59.7 Å². The summed E-state index contributed by atoms with van der Waals surface area (Å²) in [6.07, 6.45) is 3.96. The Morgan fingerprint density at radius 2 is 2.13 bits per heavy atom. The molecular weight excluding hydrogens is 191 g/mol. The zero-order valence-corrected chi connectivity index (χ0v) is 8.15. The van der Waals surface area contributed by atoms with Gasteiger partial charge in [-0.1, -0.05) is 12.1 Å². The fourth-order valence-electron chi connectivity index (χ4n) is 1.45. The summed E-state index contributed by atoms with van der Waals surface area (Å²) in [5.74, 6) is -0.227. The number of hydrogen-bond acceptors (Lipinski definition) is 2. The highest BCUT2D eigenvalue weighted by atomic mass is 19.1. The average Bonchev–Trinajstić information content (AvgIpc) is 2.22. The van der Waals surface area contributed by atoms with Crippen LogP contribution in [0.4, 0.5) is 10.1 Å². The normalized spacial score (nSPS) is 10.2. The molecule has 2 nitrogen and oxygen atoms in total. The van der Waals surface area contributed by atoms with Gasteiger partial charge in [0.1, 0.15) is 5.82 Å². The number of halogens is 1. The summed E-state index contributed by atoms with van der Waals surface area (Å²) in [4.78, 5) is 3.99. The highest BCUT2D eigenvalue weighted by molar-refractivity contribution is 5.46. The van der Waals surface area contributed by atoms with Crippen molar-refractivity contribution >= 4 is 5.69 Å².